The van der Waals surface area contributed by atoms with Crippen LogP contribution in [0.1, 0.15) is 18.0 Å². The van der Waals surface area contributed by atoms with Gasteiger partial charge in [-0.25, -0.2) is 0 Å². The van der Waals surface area contributed by atoms with Gasteiger partial charge in [0, 0.05) is 18.2 Å². The normalized spacial score (nSPS) is 20.8. The summed E-state index contributed by atoms with van der Waals surface area (Å²) in [5.41, 5.74) is 1.29. The quantitative estimate of drug-likeness (QED) is 0.553. The van der Waals surface area contributed by atoms with E-state index < -0.39 is 0 Å². The van der Waals surface area contributed by atoms with Crippen LogP contribution in [0, 0.1) is 10.1 Å². The number of benzene rings is 1. The summed E-state index contributed by atoms with van der Waals surface area (Å²) < 4.78 is 0. The third-order valence-corrected chi connectivity index (χ3v) is 2.33. The summed E-state index contributed by atoms with van der Waals surface area (Å²) >= 11 is 0. The lowest BCUT2D eigenvalue weighted by atomic mass is 9.98. The SMILES string of the molecule is O=[N+]([O-])c1ccc(C2CCN2)cc1. The number of nitro groups is 1. The Bertz CT molecular complexity index is 317. The van der Waals surface area contributed by atoms with E-state index in [-0.39, 0.29) is 10.6 Å². The molecule has 68 valence electrons. The van der Waals surface area contributed by atoms with E-state index in [0.717, 1.165) is 18.5 Å². The molecule has 0 spiro atoms. The Labute approximate surface area is 75.7 Å². The van der Waals surface area contributed by atoms with Crippen molar-refractivity contribution in [3.05, 3.63) is 39.9 Å². The van der Waals surface area contributed by atoms with Crippen LogP contribution in [0.25, 0.3) is 0 Å². The van der Waals surface area contributed by atoms with Crippen molar-refractivity contribution in [3.8, 4) is 0 Å². The standard InChI is InChI=1S/C9H10N2O2/c12-11(13)8-3-1-7(2-4-8)9-5-6-10-9/h1-4,9-10H,5-6H2. The molecule has 0 amide bonds. The molecule has 4 heteroatoms. The second kappa shape index (κ2) is 3.14. The fourth-order valence-corrected chi connectivity index (χ4v) is 1.40. The van der Waals surface area contributed by atoms with Crippen molar-refractivity contribution in [2.75, 3.05) is 6.54 Å². The van der Waals surface area contributed by atoms with Gasteiger partial charge >= 0.3 is 0 Å². The third kappa shape index (κ3) is 1.53. The van der Waals surface area contributed by atoms with Gasteiger partial charge in [-0.2, -0.15) is 0 Å². The number of nitro benzene ring substituents is 1. The lowest BCUT2D eigenvalue weighted by Crippen LogP contribution is -2.34. The van der Waals surface area contributed by atoms with Crippen molar-refractivity contribution in [2.45, 2.75) is 12.5 Å². The van der Waals surface area contributed by atoms with Gasteiger partial charge in [-0.1, -0.05) is 12.1 Å². The summed E-state index contributed by atoms with van der Waals surface area (Å²) in [6.45, 7) is 1.04. The zero-order chi connectivity index (χ0) is 9.26. The Morgan fingerprint density at radius 3 is 2.38 bits per heavy atom. The van der Waals surface area contributed by atoms with Gasteiger partial charge in [0.05, 0.1) is 4.92 Å². The van der Waals surface area contributed by atoms with Gasteiger partial charge in [0.15, 0.2) is 0 Å². The molecule has 0 aromatic heterocycles. The number of nitrogens with one attached hydrogen (secondary N) is 1. The molecule has 1 saturated heterocycles. The predicted octanol–water partition coefficient (Wildman–Crippen LogP) is 1.63. The molecular formula is C9H10N2O2. The Morgan fingerprint density at radius 1 is 1.38 bits per heavy atom. The second-order valence-electron chi connectivity index (χ2n) is 3.14. The van der Waals surface area contributed by atoms with Crippen molar-refractivity contribution < 1.29 is 4.92 Å². The highest BCUT2D eigenvalue weighted by Gasteiger charge is 2.18. The third-order valence-electron chi connectivity index (χ3n) is 2.33. The van der Waals surface area contributed by atoms with Gasteiger partial charge in [-0.15, -0.1) is 0 Å². The van der Waals surface area contributed by atoms with E-state index in [0.29, 0.717) is 6.04 Å². The fraction of sp³-hybridized carbons (Fsp3) is 0.333. The minimum atomic E-state index is -0.377. The van der Waals surface area contributed by atoms with Gasteiger partial charge in [0.25, 0.3) is 5.69 Å². The summed E-state index contributed by atoms with van der Waals surface area (Å²) in [5, 5.41) is 13.6. The fourth-order valence-electron chi connectivity index (χ4n) is 1.40. The first-order valence-corrected chi connectivity index (χ1v) is 4.25. The molecule has 13 heavy (non-hydrogen) atoms. The maximum atomic E-state index is 10.4. The van der Waals surface area contributed by atoms with Crippen LogP contribution >= 0.6 is 0 Å². The Kier molecular flexibility index (Phi) is 1.98. The van der Waals surface area contributed by atoms with Gasteiger partial charge in [-0.3, -0.25) is 10.1 Å². The van der Waals surface area contributed by atoms with Crippen LogP contribution in [0.4, 0.5) is 5.69 Å². The second-order valence-corrected chi connectivity index (χ2v) is 3.14. The molecule has 2 rings (SSSR count). The van der Waals surface area contributed by atoms with Crippen LogP contribution in [0.5, 0.6) is 0 Å². The molecule has 1 aliphatic rings. The monoisotopic (exact) mass is 178 g/mol. The van der Waals surface area contributed by atoms with Gasteiger partial charge in [-0.05, 0) is 18.5 Å². The highest BCUT2D eigenvalue weighted by Crippen LogP contribution is 2.24. The van der Waals surface area contributed by atoms with Crippen molar-refractivity contribution in [1.82, 2.24) is 5.32 Å². The first-order valence-electron chi connectivity index (χ1n) is 4.25. The molecule has 0 aliphatic carbocycles. The zero-order valence-electron chi connectivity index (χ0n) is 7.06. The highest BCUT2D eigenvalue weighted by molar-refractivity contribution is 5.34. The number of nitrogens with zero attached hydrogens (tertiary/aromatic N) is 1. The minimum absolute atomic E-state index is 0.156. The van der Waals surface area contributed by atoms with Crippen molar-refractivity contribution in [1.29, 1.82) is 0 Å². The Morgan fingerprint density at radius 2 is 2.00 bits per heavy atom. The van der Waals surface area contributed by atoms with Crippen LogP contribution in [-0.2, 0) is 0 Å². The molecule has 0 radical (unpaired) electrons. The largest absolute Gasteiger partial charge is 0.310 e. The van der Waals surface area contributed by atoms with E-state index in [9.17, 15) is 10.1 Å². The average molecular weight is 178 g/mol. The summed E-state index contributed by atoms with van der Waals surface area (Å²) in [6.07, 6.45) is 1.12. The van der Waals surface area contributed by atoms with Crippen molar-refractivity contribution >= 4 is 5.69 Å². The van der Waals surface area contributed by atoms with Crippen molar-refractivity contribution in [3.63, 3.8) is 0 Å². The van der Waals surface area contributed by atoms with Crippen LogP contribution in [-0.4, -0.2) is 11.5 Å². The Balaban J connectivity index is 2.17. The summed E-state index contributed by atoms with van der Waals surface area (Å²) in [6, 6.07) is 7.13. The molecule has 1 atom stereocenters. The van der Waals surface area contributed by atoms with Gasteiger partial charge in [0.1, 0.15) is 0 Å². The minimum Gasteiger partial charge on any atom is -0.310 e. The number of hydrogen-bond donors (Lipinski definition) is 1. The van der Waals surface area contributed by atoms with Crippen LogP contribution in [0.2, 0.25) is 0 Å². The molecule has 4 nitrogen and oxygen atoms in total. The van der Waals surface area contributed by atoms with Crippen LogP contribution in [0.15, 0.2) is 24.3 Å². The average Bonchev–Trinajstić information content (AvgIpc) is 2.02. The van der Waals surface area contributed by atoms with E-state index in [4.69, 9.17) is 0 Å². The van der Waals surface area contributed by atoms with Crippen molar-refractivity contribution in [2.24, 2.45) is 0 Å². The molecule has 1 aliphatic heterocycles. The molecule has 1 N–H and O–H groups in total. The molecule has 1 unspecified atom stereocenters. The Hall–Kier alpha value is -1.42. The van der Waals surface area contributed by atoms with Crippen LogP contribution < -0.4 is 5.32 Å². The lowest BCUT2D eigenvalue weighted by molar-refractivity contribution is -0.384. The van der Waals surface area contributed by atoms with E-state index in [1.165, 1.54) is 0 Å². The predicted molar refractivity (Wildman–Crippen MR) is 48.5 cm³/mol. The number of hydrogen-bond acceptors (Lipinski definition) is 3. The lowest BCUT2D eigenvalue weighted by Gasteiger charge is -2.27. The van der Waals surface area contributed by atoms with Crippen LogP contribution in [0.3, 0.4) is 0 Å². The smallest absolute Gasteiger partial charge is 0.269 e. The number of rotatable bonds is 2. The first kappa shape index (κ1) is 8.19. The van der Waals surface area contributed by atoms with E-state index in [1.54, 1.807) is 12.1 Å². The summed E-state index contributed by atoms with van der Waals surface area (Å²) in [4.78, 5) is 9.98. The molecule has 0 bridgehead atoms. The maximum absolute atomic E-state index is 10.4. The molecule has 0 saturated carbocycles. The highest BCUT2D eigenvalue weighted by atomic mass is 16.6. The molecule has 1 fully saturated rings. The summed E-state index contributed by atoms with van der Waals surface area (Å²) in [7, 11) is 0. The van der Waals surface area contributed by atoms with E-state index in [1.807, 2.05) is 12.1 Å². The van der Waals surface area contributed by atoms with E-state index >= 15 is 0 Å². The maximum Gasteiger partial charge on any atom is 0.269 e. The first-order chi connectivity index (χ1) is 6.27. The molecule has 1 heterocycles. The number of non-ortho nitro benzene ring substituents is 1. The van der Waals surface area contributed by atoms with Gasteiger partial charge in [0.2, 0.25) is 0 Å². The molecule has 1 aromatic carbocycles. The summed E-state index contributed by atoms with van der Waals surface area (Å²) in [5.74, 6) is 0. The zero-order valence-corrected chi connectivity index (χ0v) is 7.06. The topological polar surface area (TPSA) is 55.2 Å². The molecule has 1 aromatic rings. The molecular weight excluding hydrogens is 168 g/mol. The van der Waals surface area contributed by atoms with E-state index in [2.05, 4.69) is 5.32 Å². The van der Waals surface area contributed by atoms with Gasteiger partial charge < -0.3 is 5.32 Å².